The van der Waals surface area contributed by atoms with E-state index in [0.717, 1.165) is 42.4 Å². The van der Waals surface area contributed by atoms with E-state index >= 15 is 0 Å². The molecule has 0 unspecified atom stereocenters. The fourth-order valence-electron chi connectivity index (χ4n) is 2.63. The lowest BCUT2D eigenvalue weighted by molar-refractivity contribution is 0.622. The number of fused-ring (bicyclic) bond motifs is 1. The maximum absolute atomic E-state index is 13.1. The Kier molecular flexibility index (Phi) is 8.62. The van der Waals surface area contributed by atoms with E-state index in [1.807, 2.05) is 24.3 Å². The van der Waals surface area contributed by atoms with Crippen molar-refractivity contribution in [3.05, 3.63) is 71.5 Å². The highest BCUT2D eigenvalue weighted by atomic mass is 35.5. The number of anilines is 1. The summed E-state index contributed by atoms with van der Waals surface area (Å²) in [6.45, 7) is 1.73. The first kappa shape index (κ1) is 21.2. The van der Waals surface area contributed by atoms with Crippen molar-refractivity contribution in [3.8, 4) is 0 Å². The summed E-state index contributed by atoms with van der Waals surface area (Å²) in [5.41, 5.74) is 8.90. The Morgan fingerprint density at radius 2 is 1.60 bits per heavy atom. The number of hydrogen-bond donors (Lipinski definition) is 2. The van der Waals surface area contributed by atoms with E-state index < -0.39 is 0 Å². The summed E-state index contributed by atoms with van der Waals surface area (Å²) >= 11 is 0. The van der Waals surface area contributed by atoms with Crippen molar-refractivity contribution in [2.24, 2.45) is 0 Å². The Labute approximate surface area is 159 Å². The molecule has 25 heavy (non-hydrogen) atoms. The minimum absolute atomic E-state index is 0. The lowest BCUT2D eigenvalue weighted by Crippen LogP contribution is -2.20. The van der Waals surface area contributed by atoms with Crippen molar-refractivity contribution < 1.29 is 4.39 Å². The fourth-order valence-corrected chi connectivity index (χ4v) is 2.63. The second-order valence-corrected chi connectivity index (χ2v) is 5.64. The van der Waals surface area contributed by atoms with Gasteiger partial charge in [0.15, 0.2) is 0 Å². The third-order valence-electron chi connectivity index (χ3n) is 3.85. The molecule has 134 valence electrons. The molecule has 0 fully saturated rings. The van der Waals surface area contributed by atoms with Crippen LogP contribution in [0.15, 0.2) is 54.6 Å². The zero-order valence-corrected chi connectivity index (χ0v) is 15.4. The highest BCUT2D eigenvalue weighted by molar-refractivity contribution is 5.85. The van der Waals surface area contributed by atoms with Gasteiger partial charge in [0.2, 0.25) is 0 Å². The predicted octanol–water partition coefficient (Wildman–Crippen LogP) is 4.17. The molecule has 3 N–H and O–H groups in total. The van der Waals surface area contributed by atoms with Gasteiger partial charge in [0.25, 0.3) is 0 Å². The van der Waals surface area contributed by atoms with Crippen molar-refractivity contribution >= 4 is 41.5 Å². The summed E-state index contributed by atoms with van der Waals surface area (Å²) < 4.78 is 13.1. The van der Waals surface area contributed by atoms with E-state index in [1.54, 1.807) is 12.1 Å². The van der Waals surface area contributed by atoms with Crippen LogP contribution in [-0.4, -0.2) is 18.1 Å². The molecule has 3 aromatic rings. The zero-order valence-electron chi connectivity index (χ0n) is 13.7. The molecule has 0 aliphatic carbocycles. The Morgan fingerprint density at radius 1 is 0.880 bits per heavy atom. The molecule has 0 bridgehead atoms. The molecule has 3 rings (SSSR count). The van der Waals surface area contributed by atoms with Gasteiger partial charge in [-0.15, -0.1) is 24.8 Å². The van der Waals surface area contributed by atoms with Crippen LogP contribution in [0.25, 0.3) is 10.9 Å². The molecule has 0 amide bonds. The Morgan fingerprint density at radius 3 is 2.32 bits per heavy atom. The van der Waals surface area contributed by atoms with Gasteiger partial charge in [-0.3, -0.25) is 0 Å². The summed E-state index contributed by atoms with van der Waals surface area (Å²) in [4.78, 5) is 4.30. The average Bonchev–Trinajstić information content (AvgIpc) is 2.54. The molecular weight excluding hydrogens is 360 g/mol. The molecule has 0 atom stereocenters. The van der Waals surface area contributed by atoms with Crippen LogP contribution in [0.4, 0.5) is 10.2 Å². The maximum Gasteiger partial charge on any atom is 0.124 e. The van der Waals surface area contributed by atoms with Gasteiger partial charge in [-0.25, -0.2) is 9.37 Å². The number of rotatable bonds is 6. The Hall–Kier alpha value is -1.88. The van der Waals surface area contributed by atoms with E-state index in [0.29, 0.717) is 5.82 Å². The van der Waals surface area contributed by atoms with Gasteiger partial charge in [-0.2, -0.15) is 0 Å². The van der Waals surface area contributed by atoms with Gasteiger partial charge in [0.1, 0.15) is 11.6 Å². The first-order chi connectivity index (χ1) is 11.2. The molecule has 3 nitrogen and oxygen atoms in total. The lowest BCUT2D eigenvalue weighted by atomic mass is 10.1. The summed E-state index contributed by atoms with van der Waals surface area (Å²) in [6.07, 6.45) is 1.78. The Bertz CT molecular complexity index is 812. The van der Waals surface area contributed by atoms with Crippen LogP contribution in [-0.2, 0) is 12.8 Å². The number of halogens is 3. The predicted molar refractivity (Wildman–Crippen MR) is 107 cm³/mol. The third kappa shape index (κ3) is 6.16. The first-order valence-corrected chi connectivity index (χ1v) is 7.81. The number of benzene rings is 2. The van der Waals surface area contributed by atoms with Crippen LogP contribution in [0.1, 0.15) is 11.1 Å². The second kappa shape index (κ2) is 10.2. The molecule has 0 spiro atoms. The minimum Gasteiger partial charge on any atom is -0.384 e. The molecule has 0 saturated heterocycles. The van der Waals surface area contributed by atoms with Crippen LogP contribution >= 0.6 is 24.8 Å². The first-order valence-electron chi connectivity index (χ1n) is 7.81. The number of nitrogens with zero attached hydrogens (tertiary/aromatic N) is 1. The number of pyridine rings is 1. The quantitative estimate of drug-likeness (QED) is 0.629. The highest BCUT2D eigenvalue weighted by Gasteiger charge is 1.99. The summed E-state index contributed by atoms with van der Waals surface area (Å²) in [5, 5.41) is 4.51. The van der Waals surface area contributed by atoms with Crippen LogP contribution < -0.4 is 11.1 Å². The standard InChI is InChI=1S/C19H20FN3.2ClH/c20-17-3-1-2-14(13-17)8-10-22-11-9-15-4-6-18-16(12-15)5-7-19(21)23-18;;/h1-7,12-13,22H,8-11H2,(H2,21,23);2*1H. The SMILES string of the molecule is Cl.Cl.Nc1ccc2cc(CCNCCc3cccc(F)c3)ccc2n1. The van der Waals surface area contributed by atoms with Gasteiger partial charge in [-0.05, 0) is 73.5 Å². The van der Waals surface area contributed by atoms with Crippen molar-refractivity contribution in [3.63, 3.8) is 0 Å². The van der Waals surface area contributed by atoms with Gasteiger partial charge in [-0.1, -0.05) is 18.2 Å². The maximum atomic E-state index is 13.1. The van der Waals surface area contributed by atoms with Crippen molar-refractivity contribution in [2.45, 2.75) is 12.8 Å². The number of nitrogens with one attached hydrogen (secondary N) is 1. The monoisotopic (exact) mass is 381 g/mol. The summed E-state index contributed by atoms with van der Waals surface area (Å²) in [6, 6.07) is 16.8. The zero-order chi connectivity index (χ0) is 16.1. The largest absolute Gasteiger partial charge is 0.384 e. The summed E-state index contributed by atoms with van der Waals surface area (Å²) in [5.74, 6) is 0.372. The Balaban J connectivity index is 0.00000156. The minimum atomic E-state index is -0.173. The van der Waals surface area contributed by atoms with E-state index in [2.05, 4.69) is 22.4 Å². The van der Waals surface area contributed by atoms with Crippen LogP contribution in [0.3, 0.4) is 0 Å². The molecule has 0 aliphatic heterocycles. The number of nitrogen functional groups attached to an aromatic ring is 1. The summed E-state index contributed by atoms with van der Waals surface area (Å²) in [7, 11) is 0. The average molecular weight is 382 g/mol. The van der Waals surface area contributed by atoms with Gasteiger partial charge < -0.3 is 11.1 Å². The van der Waals surface area contributed by atoms with E-state index in [-0.39, 0.29) is 30.6 Å². The molecule has 1 heterocycles. The smallest absolute Gasteiger partial charge is 0.124 e. The van der Waals surface area contributed by atoms with E-state index in [4.69, 9.17) is 5.73 Å². The molecule has 0 radical (unpaired) electrons. The van der Waals surface area contributed by atoms with E-state index in [9.17, 15) is 4.39 Å². The van der Waals surface area contributed by atoms with Gasteiger partial charge in [0.05, 0.1) is 5.52 Å². The van der Waals surface area contributed by atoms with Gasteiger partial charge in [0, 0.05) is 5.39 Å². The van der Waals surface area contributed by atoms with Crippen LogP contribution in [0.5, 0.6) is 0 Å². The van der Waals surface area contributed by atoms with Crippen molar-refractivity contribution in [1.82, 2.24) is 10.3 Å². The molecule has 6 heteroatoms. The molecule has 0 aliphatic rings. The molecule has 2 aromatic carbocycles. The molecule has 0 saturated carbocycles. The molecule has 1 aromatic heterocycles. The van der Waals surface area contributed by atoms with Crippen molar-refractivity contribution in [1.29, 1.82) is 0 Å². The normalized spacial score (nSPS) is 10.1. The van der Waals surface area contributed by atoms with Crippen LogP contribution in [0.2, 0.25) is 0 Å². The van der Waals surface area contributed by atoms with Gasteiger partial charge >= 0.3 is 0 Å². The van der Waals surface area contributed by atoms with E-state index in [1.165, 1.54) is 11.6 Å². The number of aromatic nitrogens is 1. The topological polar surface area (TPSA) is 50.9 Å². The third-order valence-corrected chi connectivity index (χ3v) is 3.85. The van der Waals surface area contributed by atoms with Crippen LogP contribution in [0, 0.1) is 5.82 Å². The lowest BCUT2D eigenvalue weighted by Gasteiger charge is -2.07. The second-order valence-electron chi connectivity index (χ2n) is 5.64. The fraction of sp³-hybridized carbons (Fsp3) is 0.211. The number of nitrogens with two attached hydrogens (primary N) is 1. The van der Waals surface area contributed by atoms with Crippen molar-refractivity contribution in [2.75, 3.05) is 18.8 Å². The number of hydrogen-bond acceptors (Lipinski definition) is 3. The highest BCUT2D eigenvalue weighted by Crippen LogP contribution is 2.16. The molecular formula is C19H22Cl2FN3.